The van der Waals surface area contributed by atoms with E-state index in [-0.39, 0.29) is 11.9 Å². The molecule has 0 aliphatic rings. The fourth-order valence-electron chi connectivity index (χ4n) is 2.87. The van der Waals surface area contributed by atoms with Gasteiger partial charge in [0.15, 0.2) is 0 Å². The number of rotatable bonds is 5. The monoisotopic (exact) mass is 335 g/mol. The minimum atomic E-state index is -0.0217. The van der Waals surface area contributed by atoms with Crippen molar-refractivity contribution >= 4 is 5.91 Å². The molecule has 1 amide bonds. The summed E-state index contributed by atoms with van der Waals surface area (Å²) in [5, 5.41) is 14.1. The lowest BCUT2D eigenvalue weighted by Gasteiger charge is -2.16. The predicted octanol–water partition coefficient (Wildman–Crippen LogP) is 2.70. The van der Waals surface area contributed by atoms with Crippen LogP contribution in [0.25, 0.3) is 5.69 Å². The number of nitrogens with zero attached hydrogens (tertiary/aromatic N) is 4. The lowest BCUT2D eigenvalue weighted by atomic mass is 10.0. The summed E-state index contributed by atoms with van der Waals surface area (Å²) in [7, 11) is 0. The lowest BCUT2D eigenvalue weighted by Crippen LogP contribution is -2.28. The van der Waals surface area contributed by atoms with Gasteiger partial charge in [-0.15, -0.1) is 5.10 Å². The smallest absolute Gasteiger partial charge is 0.224 e. The zero-order valence-corrected chi connectivity index (χ0v) is 14.6. The van der Waals surface area contributed by atoms with Gasteiger partial charge in [-0.25, -0.2) is 4.68 Å². The highest BCUT2D eigenvalue weighted by Gasteiger charge is 2.11. The number of tetrazole rings is 1. The maximum absolute atomic E-state index is 12.3. The van der Waals surface area contributed by atoms with E-state index in [1.807, 2.05) is 31.2 Å². The van der Waals surface area contributed by atoms with E-state index in [9.17, 15) is 4.79 Å². The molecule has 0 aliphatic heterocycles. The SMILES string of the molecule is Cc1cc(C)cc(C(C)NC(=O)Cc2ccc(-n3cnnn3)cc2)c1. The van der Waals surface area contributed by atoms with E-state index in [1.54, 1.807) is 4.68 Å². The molecule has 0 saturated heterocycles. The molecule has 1 atom stereocenters. The molecule has 6 heteroatoms. The van der Waals surface area contributed by atoms with E-state index in [4.69, 9.17) is 0 Å². The Kier molecular flexibility index (Phi) is 4.88. The van der Waals surface area contributed by atoms with Gasteiger partial charge in [-0.3, -0.25) is 4.79 Å². The summed E-state index contributed by atoms with van der Waals surface area (Å²) >= 11 is 0. The molecule has 3 aromatic rings. The highest BCUT2D eigenvalue weighted by molar-refractivity contribution is 5.79. The van der Waals surface area contributed by atoms with Crippen LogP contribution in [0.1, 0.15) is 35.2 Å². The van der Waals surface area contributed by atoms with Crippen molar-refractivity contribution in [1.82, 2.24) is 25.5 Å². The summed E-state index contributed by atoms with van der Waals surface area (Å²) in [5.41, 5.74) is 5.34. The Bertz CT molecular complexity index is 836. The Hall–Kier alpha value is -3.02. The van der Waals surface area contributed by atoms with Crippen LogP contribution < -0.4 is 5.32 Å². The standard InChI is InChI=1S/C19H21N5O/c1-13-8-14(2)10-17(9-13)15(3)21-19(25)11-16-4-6-18(7-5-16)24-12-20-22-23-24/h4-10,12,15H,11H2,1-3H3,(H,21,25). The lowest BCUT2D eigenvalue weighted by molar-refractivity contribution is -0.121. The first-order chi connectivity index (χ1) is 12.0. The third-order valence-electron chi connectivity index (χ3n) is 4.04. The summed E-state index contributed by atoms with van der Waals surface area (Å²) in [6, 6.07) is 13.9. The Morgan fingerprint density at radius 3 is 2.40 bits per heavy atom. The van der Waals surface area contributed by atoms with Crippen molar-refractivity contribution in [1.29, 1.82) is 0 Å². The van der Waals surface area contributed by atoms with Gasteiger partial charge in [0.25, 0.3) is 0 Å². The van der Waals surface area contributed by atoms with Crippen LogP contribution in [0.5, 0.6) is 0 Å². The average molecular weight is 335 g/mol. The molecular weight excluding hydrogens is 314 g/mol. The first-order valence-electron chi connectivity index (χ1n) is 8.21. The fourth-order valence-corrected chi connectivity index (χ4v) is 2.87. The van der Waals surface area contributed by atoms with Gasteiger partial charge in [0.2, 0.25) is 5.91 Å². The van der Waals surface area contributed by atoms with Crippen molar-refractivity contribution in [3.8, 4) is 5.69 Å². The highest BCUT2D eigenvalue weighted by Crippen LogP contribution is 2.17. The van der Waals surface area contributed by atoms with Crippen LogP contribution in [0.15, 0.2) is 48.8 Å². The molecule has 1 N–H and O–H groups in total. The molecule has 1 unspecified atom stereocenters. The Morgan fingerprint density at radius 2 is 1.80 bits per heavy atom. The maximum atomic E-state index is 12.3. The van der Waals surface area contributed by atoms with Gasteiger partial charge < -0.3 is 5.32 Å². The number of nitrogens with one attached hydrogen (secondary N) is 1. The summed E-state index contributed by atoms with van der Waals surface area (Å²) < 4.78 is 1.58. The zero-order valence-electron chi connectivity index (χ0n) is 14.6. The Balaban J connectivity index is 1.62. The van der Waals surface area contributed by atoms with E-state index in [2.05, 4.69) is 52.9 Å². The van der Waals surface area contributed by atoms with Gasteiger partial charge in [-0.05, 0) is 54.5 Å². The summed E-state index contributed by atoms with van der Waals surface area (Å²) in [5.74, 6) is 0.00170. The molecule has 0 bridgehead atoms. The molecule has 0 fully saturated rings. The molecule has 25 heavy (non-hydrogen) atoms. The van der Waals surface area contributed by atoms with E-state index in [1.165, 1.54) is 17.5 Å². The van der Waals surface area contributed by atoms with Crippen LogP contribution in [0.4, 0.5) is 0 Å². The van der Waals surface area contributed by atoms with E-state index in [0.29, 0.717) is 6.42 Å². The number of carbonyl (C=O) groups is 1. The summed E-state index contributed by atoms with van der Waals surface area (Å²) in [4.78, 5) is 12.3. The third-order valence-corrected chi connectivity index (χ3v) is 4.04. The van der Waals surface area contributed by atoms with E-state index < -0.39 is 0 Å². The van der Waals surface area contributed by atoms with Crippen LogP contribution in [-0.2, 0) is 11.2 Å². The quantitative estimate of drug-likeness (QED) is 0.778. The van der Waals surface area contributed by atoms with Crippen LogP contribution >= 0.6 is 0 Å². The van der Waals surface area contributed by atoms with Crippen LogP contribution in [0.3, 0.4) is 0 Å². The molecular formula is C19H21N5O. The van der Waals surface area contributed by atoms with Crippen molar-refractivity contribution < 1.29 is 4.79 Å². The van der Waals surface area contributed by atoms with Crippen molar-refractivity contribution in [3.63, 3.8) is 0 Å². The van der Waals surface area contributed by atoms with Gasteiger partial charge in [0.1, 0.15) is 6.33 Å². The normalized spacial score (nSPS) is 12.0. The molecule has 6 nitrogen and oxygen atoms in total. The Labute approximate surface area is 146 Å². The largest absolute Gasteiger partial charge is 0.349 e. The first-order valence-corrected chi connectivity index (χ1v) is 8.21. The third kappa shape index (κ3) is 4.29. The molecule has 128 valence electrons. The molecule has 0 radical (unpaired) electrons. The number of amides is 1. The number of aryl methyl sites for hydroxylation is 2. The van der Waals surface area contributed by atoms with Crippen LogP contribution in [0.2, 0.25) is 0 Å². The van der Waals surface area contributed by atoms with Gasteiger partial charge in [0.05, 0.1) is 18.2 Å². The molecule has 0 aliphatic carbocycles. The fraction of sp³-hybridized carbons (Fsp3) is 0.263. The summed E-state index contributed by atoms with van der Waals surface area (Å²) in [6.45, 7) is 6.14. The summed E-state index contributed by atoms with van der Waals surface area (Å²) in [6.07, 6.45) is 1.87. The number of aromatic nitrogens is 4. The molecule has 1 aromatic heterocycles. The molecule has 2 aromatic carbocycles. The molecule has 3 rings (SSSR count). The van der Waals surface area contributed by atoms with Crippen molar-refractivity contribution in [2.24, 2.45) is 0 Å². The van der Waals surface area contributed by atoms with Crippen molar-refractivity contribution in [2.45, 2.75) is 33.2 Å². The maximum Gasteiger partial charge on any atom is 0.224 e. The second kappa shape index (κ2) is 7.25. The van der Waals surface area contributed by atoms with Gasteiger partial charge in [-0.1, -0.05) is 41.5 Å². The van der Waals surface area contributed by atoms with Gasteiger partial charge >= 0.3 is 0 Å². The zero-order chi connectivity index (χ0) is 17.8. The van der Waals surface area contributed by atoms with Crippen LogP contribution in [-0.4, -0.2) is 26.1 Å². The minimum Gasteiger partial charge on any atom is -0.349 e. The van der Waals surface area contributed by atoms with E-state index in [0.717, 1.165) is 16.8 Å². The van der Waals surface area contributed by atoms with Gasteiger partial charge in [0, 0.05) is 0 Å². The number of hydrogen-bond donors (Lipinski definition) is 1. The number of carbonyl (C=O) groups excluding carboxylic acids is 1. The topological polar surface area (TPSA) is 72.7 Å². The van der Waals surface area contributed by atoms with Crippen molar-refractivity contribution in [2.75, 3.05) is 0 Å². The second-order valence-electron chi connectivity index (χ2n) is 6.31. The minimum absolute atomic E-state index is 0.00170. The molecule has 0 saturated carbocycles. The average Bonchev–Trinajstić information content (AvgIpc) is 3.09. The van der Waals surface area contributed by atoms with Crippen molar-refractivity contribution in [3.05, 3.63) is 71.0 Å². The number of benzene rings is 2. The molecule has 1 heterocycles. The highest BCUT2D eigenvalue weighted by atomic mass is 16.1. The molecule has 0 spiro atoms. The van der Waals surface area contributed by atoms with Crippen LogP contribution in [0, 0.1) is 13.8 Å². The predicted molar refractivity (Wildman–Crippen MR) is 95.3 cm³/mol. The first kappa shape index (κ1) is 16.8. The Morgan fingerprint density at radius 1 is 1.12 bits per heavy atom. The number of hydrogen-bond acceptors (Lipinski definition) is 4. The second-order valence-corrected chi connectivity index (χ2v) is 6.31. The van der Waals surface area contributed by atoms with Gasteiger partial charge in [-0.2, -0.15) is 0 Å². The van der Waals surface area contributed by atoms with E-state index >= 15 is 0 Å².